The van der Waals surface area contributed by atoms with Gasteiger partial charge in [0.2, 0.25) is 5.91 Å². The number of aliphatic hydroxyl groups is 1. The second-order valence-corrected chi connectivity index (χ2v) is 5.12. The summed E-state index contributed by atoms with van der Waals surface area (Å²) in [5.41, 5.74) is 1.95. The molecule has 0 aromatic carbocycles. The summed E-state index contributed by atoms with van der Waals surface area (Å²) in [6.07, 6.45) is 1.99. The Kier molecular flexibility index (Phi) is 4.01. The fourth-order valence-electron chi connectivity index (χ4n) is 2.50. The second-order valence-electron chi connectivity index (χ2n) is 5.12. The molecule has 1 saturated heterocycles. The first kappa shape index (κ1) is 13.1. The third-order valence-corrected chi connectivity index (χ3v) is 3.52. The summed E-state index contributed by atoms with van der Waals surface area (Å²) in [6, 6.07) is 1.97. The molecule has 2 rings (SSSR count). The van der Waals surface area contributed by atoms with Crippen molar-refractivity contribution in [2.75, 3.05) is 19.7 Å². The molecule has 100 valence electrons. The van der Waals surface area contributed by atoms with E-state index < -0.39 is 0 Å². The molecule has 1 atom stereocenters. The Hall–Kier alpha value is -1.36. The molecule has 0 aliphatic carbocycles. The van der Waals surface area contributed by atoms with Gasteiger partial charge in [-0.05, 0) is 38.7 Å². The Morgan fingerprint density at radius 1 is 1.56 bits per heavy atom. The van der Waals surface area contributed by atoms with E-state index >= 15 is 0 Å². The molecule has 1 aromatic heterocycles. The first-order chi connectivity index (χ1) is 8.60. The van der Waals surface area contributed by atoms with E-state index in [1.165, 1.54) is 0 Å². The average molecular weight is 251 g/mol. The third-order valence-electron chi connectivity index (χ3n) is 3.52. The van der Waals surface area contributed by atoms with Crippen molar-refractivity contribution in [1.82, 2.24) is 14.7 Å². The highest BCUT2D eigenvalue weighted by atomic mass is 16.3. The van der Waals surface area contributed by atoms with Crippen molar-refractivity contribution >= 4 is 5.91 Å². The molecule has 1 aliphatic heterocycles. The van der Waals surface area contributed by atoms with E-state index in [1.807, 2.05) is 24.8 Å². The highest BCUT2D eigenvalue weighted by molar-refractivity contribution is 5.76. The number of amides is 1. The molecule has 18 heavy (non-hydrogen) atoms. The van der Waals surface area contributed by atoms with Crippen LogP contribution in [0.25, 0.3) is 0 Å². The lowest BCUT2D eigenvalue weighted by atomic mass is 9.99. The van der Waals surface area contributed by atoms with Crippen LogP contribution in [0.2, 0.25) is 0 Å². The molecule has 1 fully saturated rings. The van der Waals surface area contributed by atoms with E-state index in [9.17, 15) is 9.90 Å². The van der Waals surface area contributed by atoms with Gasteiger partial charge in [-0.25, -0.2) is 0 Å². The Balaban J connectivity index is 1.97. The van der Waals surface area contributed by atoms with Crippen LogP contribution in [0, 0.1) is 19.8 Å². The number of rotatable bonds is 3. The number of nitrogens with zero attached hydrogens (tertiary/aromatic N) is 3. The number of hydrogen-bond acceptors (Lipinski definition) is 3. The molecule has 1 amide bonds. The number of piperidine rings is 1. The van der Waals surface area contributed by atoms with E-state index in [1.54, 1.807) is 4.68 Å². The maximum atomic E-state index is 12.2. The highest BCUT2D eigenvalue weighted by Crippen LogP contribution is 2.16. The zero-order chi connectivity index (χ0) is 13.1. The summed E-state index contributed by atoms with van der Waals surface area (Å²) in [7, 11) is 0. The van der Waals surface area contributed by atoms with Gasteiger partial charge in [-0.15, -0.1) is 0 Å². The summed E-state index contributed by atoms with van der Waals surface area (Å²) < 4.78 is 1.75. The van der Waals surface area contributed by atoms with Crippen LogP contribution in [0.15, 0.2) is 6.07 Å². The monoisotopic (exact) mass is 251 g/mol. The lowest BCUT2D eigenvalue weighted by Crippen LogP contribution is -2.42. The molecule has 1 unspecified atom stereocenters. The zero-order valence-electron chi connectivity index (χ0n) is 11.1. The maximum absolute atomic E-state index is 12.2. The molecular weight excluding hydrogens is 230 g/mol. The van der Waals surface area contributed by atoms with E-state index in [0.717, 1.165) is 30.8 Å². The molecule has 0 radical (unpaired) electrons. The molecular formula is C13H21N3O2. The van der Waals surface area contributed by atoms with Crippen LogP contribution in [0.5, 0.6) is 0 Å². The normalized spacial score (nSPS) is 20.2. The maximum Gasteiger partial charge on any atom is 0.244 e. The minimum Gasteiger partial charge on any atom is -0.396 e. The predicted octanol–water partition coefficient (Wildman–Crippen LogP) is 0.731. The molecule has 0 saturated carbocycles. The largest absolute Gasteiger partial charge is 0.396 e. The van der Waals surface area contributed by atoms with Crippen molar-refractivity contribution in [2.45, 2.75) is 33.2 Å². The fourth-order valence-corrected chi connectivity index (χ4v) is 2.50. The van der Waals surface area contributed by atoms with Crippen molar-refractivity contribution in [3.8, 4) is 0 Å². The van der Waals surface area contributed by atoms with Gasteiger partial charge in [0.05, 0.1) is 5.69 Å². The van der Waals surface area contributed by atoms with Gasteiger partial charge in [-0.2, -0.15) is 5.10 Å². The van der Waals surface area contributed by atoms with Crippen LogP contribution < -0.4 is 0 Å². The SMILES string of the molecule is Cc1cc(C)n(CC(=O)N2CCCC(CO)C2)n1. The molecule has 5 nitrogen and oxygen atoms in total. The lowest BCUT2D eigenvalue weighted by molar-refractivity contribution is -0.134. The van der Waals surface area contributed by atoms with Crippen LogP contribution in [0.4, 0.5) is 0 Å². The Morgan fingerprint density at radius 3 is 2.94 bits per heavy atom. The summed E-state index contributed by atoms with van der Waals surface area (Å²) in [4.78, 5) is 14.0. The van der Waals surface area contributed by atoms with Crippen LogP contribution >= 0.6 is 0 Å². The van der Waals surface area contributed by atoms with Crippen LogP contribution in [-0.4, -0.2) is 45.4 Å². The second kappa shape index (κ2) is 5.52. The Morgan fingerprint density at radius 2 is 2.33 bits per heavy atom. The number of carbonyl (C=O) groups is 1. The Bertz CT molecular complexity index is 428. The summed E-state index contributed by atoms with van der Waals surface area (Å²) in [5, 5.41) is 13.5. The Labute approximate surface area is 107 Å². The van der Waals surface area contributed by atoms with E-state index in [4.69, 9.17) is 0 Å². The van der Waals surface area contributed by atoms with E-state index in [2.05, 4.69) is 5.10 Å². The first-order valence-corrected chi connectivity index (χ1v) is 6.50. The smallest absolute Gasteiger partial charge is 0.244 e. The van der Waals surface area contributed by atoms with Crippen LogP contribution in [0.3, 0.4) is 0 Å². The molecule has 1 aromatic rings. The molecule has 1 aliphatic rings. The summed E-state index contributed by atoms with van der Waals surface area (Å²) in [6.45, 7) is 5.83. The van der Waals surface area contributed by atoms with E-state index in [0.29, 0.717) is 13.1 Å². The number of likely N-dealkylation sites (tertiary alicyclic amines) is 1. The molecule has 0 spiro atoms. The van der Waals surface area contributed by atoms with Gasteiger partial charge in [-0.3, -0.25) is 9.48 Å². The quantitative estimate of drug-likeness (QED) is 0.861. The topological polar surface area (TPSA) is 58.4 Å². The lowest BCUT2D eigenvalue weighted by Gasteiger charge is -2.31. The van der Waals surface area contributed by atoms with Crippen molar-refractivity contribution < 1.29 is 9.90 Å². The van der Waals surface area contributed by atoms with E-state index in [-0.39, 0.29) is 18.4 Å². The van der Waals surface area contributed by atoms with Crippen molar-refractivity contribution in [3.05, 3.63) is 17.5 Å². The van der Waals surface area contributed by atoms with Gasteiger partial charge in [-0.1, -0.05) is 0 Å². The molecule has 0 bridgehead atoms. The van der Waals surface area contributed by atoms with Crippen LogP contribution in [0.1, 0.15) is 24.2 Å². The standard InChI is InChI=1S/C13H21N3O2/c1-10-6-11(2)16(14-10)8-13(18)15-5-3-4-12(7-15)9-17/h6,12,17H,3-5,7-9H2,1-2H3. The zero-order valence-corrected chi connectivity index (χ0v) is 11.1. The van der Waals surface area contributed by atoms with Crippen molar-refractivity contribution in [2.24, 2.45) is 5.92 Å². The average Bonchev–Trinajstić information content (AvgIpc) is 2.68. The van der Waals surface area contributed by atoms with Gasteiger partial charge < -0.3 is 10.0 Å². The molecule has 2 heterocycles. The van der Waals surface area contributed by atoms with Gasteiger partial charge in [0, 0.05) is 25.4 Å². The predicted molar refractivity (Wildman–Crippen MR) is 68.1 cm³/mol. The highest BCUT2D eigenvalue weighted by Gasteiger charge is 2.23. The number of aromatic nitrogens is 2. The fraction of sp³-hybridized carbons (Fsp3) is 0.692. The molecule has 5 heteroatoms. The minimum atomic E-state index is 0.0966. The van der Waals surface area contributed by atoms with Gasteiger partial charge in [0.15, 0.2) is 0 Å². The number of aryl methyl sites for hydroxylation is 2. The number of hydrogen-bond donors (Lipinski definition) is 1. The number of aliphatic hydroxyl groups excluding tert-OH is 1. The van der Waals surface area contributed by atoms with Gasteiger partial charge in [0.1, 0.15) is 6.54 Å². The summed E-state index contributed by atoms with van der Waals surface area (Å²) in [5.74, 6) is 0.336. The van der Waals surface area contributed by atoms with Gasteiger partial charge in [0.25, 0.3) is 0 Å². The first-order valence-electron chi connectivity index (χ1n) is 6.50. The third kappa shape index (κ3) is 2.90. The van der Waals surface area contributed by atoms with Crippen molar-refractivity contribution in [1.29, 1.82) is 0 Å². The minimum absolute atomic E-state index is 0.0966. The molecule has 1 N–H and O–H groups in total. The summed E-state index contributed by atoms with van der Waals surface area (Å²) >= 11 is 0. The number of carbonyl (C=O) groups excluding carboxylic acids is 1. The van der Waals surface area contributed by atoms with Gasteiger partial charge >= 0.3 is 0 Å². The van der Waals surface area contributed by atoms with Crippen LogP contribution in [-0.2, 0) is 11.3 Å². The van der Waals surface area contributed by atoms with Crippen molar-refractivity contribution in [3.63, 3.8) is 0 Å².